The molecule has 1 N–H and O–H groups in total. The Kier molecular flexibility index (Phi) is 13.6. The molecule has 59 heavy (non-hydrogen) atoms. The molecule has 4 atom stereocenters. The van der Waals surface area contributed by atoms with E-state index in [2.05, 4.69) is 53.2 Å². The lowest BCUT2D eigenvalue weighted by Gasteiger charge is -2.39. The maximum Gasteiger partial charge on any atom is 0.256 e. The van der Waals surface area contributed by atoms with Gasteiger partial charge in [0, 0.05) is 12.0 Å². The van der Waals surface area contributed by atoms with Gasteiger partial charge in [0.2, 0.25) is 0 Å². The van der Waals surface area contributed by atoms with E-state index in [0.29, 0.717) is 27.8 Å². The zero-order valence-corrected chi connectivity index (χ0v) is 35.5. The number of anilines is 1. The molecule has 0 bridgehead atoms. The monoisotopic (exact) mass is 836 g/mol. The molecular weight excluding hydrogens is 788 g/mol. The minimum absolute atomic E-state index is 0.0992. The fourth-order valence-electron chi connectivity index (χ4n) is 7.45. The number of amides is 1. The molecule has 1 aliphatic heterocycles. The number of quaternary nitrogens is 1. The van der Waals surface area contributed by atoms with Crippen molar-refractivity contribution in [3.05, 3.63) is 144 Å². The lowest BCUT2D eigenvalue weighted by Crippen LogP contribution is -2.46. The number of ether oxygens (including phenoxy) is 4. The van der Waals surface area contributed by atoms with E-state index in [1.807, 2.05) is 77.4 Å². The van der Waals surface area contributed by atoms with Crippen LogP contribution in [0, 0.1) is 0 Å². The fraction of sp³-hybridized carbons (Fsp3) is 0.318. The Morgan fingerprint density at radius 1 is 0.831 bits per heavy atom. The maximum absolute atomic E-state index is 13.1. The van der Waals surface area contributed by atoms with Crippen LogP contribution in [-0.2, 0) is 36.5 Å². The number of imidazole rings is 1. The Morgan fingerprint density at radius 3 is 1.98 bits per heavy atom. The standard InChI is InChI=1S/C44H49N6O7PS/c1-6-50(7-2,8-3)57-58(59)56-37-27-39(49-30-47-40-41(45-29-46-42(40)49)48-43(51)31-15-11-9-12-16-31)55-38(37)28-54-44(32-17-13-10-14-18-32,33-19-23-35(52-4)24-20-33)34-21-25-36(53-5)26-22-34/h9-26,29-30,37-39H,6-8,27-28H2,1-5H3,(H,45,46,48,51)/t37-,38+,39+,58?/m0/s1. The highest BCUT2D eigenvalue weighted by molar-refractivity contribution is 8.29. The number of rotatable bonds is 18. The molecule has 7 rings (SSSR count). The molecular formula is C44H49N6O7PS. The first-order chi connectivity index (χ1) is 28.8. The van der Waals surface area contributed by atoms with Gasteiger partial charge >= 0.3 is 0 Å². The van der Waals surface area contributed by atoms with Gasteiger partial charge in [-0.05, 0) is 73.9 Å². The van der Waals surface area contributed by atoms with E-state index >= 15 is 0 Å². The molecule has 1 aliphatic rings. The smallest absolute Gasteiger partial charge is 0.256 e. The summed E-state index contributed by atoms with van der Waals surface area (Å²) in [4.78, 5) is 26.7. The quantitative estimate of drug-likeness (QED) is 0.0295. The molecule has 0 radical (unpaired) electrons. The van der Waals surface area contributed by atoms with Crippen LogP contribution in [0.2, 0.25) is 0 Å². The molecule has 0 spiro atoms. The summed E-state index contributed by atoms with van der Waals surface area (Å²) in [7, 11) is 1.53. The topological polar surface area (TPSA) is 128 Å². The molecule has 4 aromatic carbocycles. The van der Waals surface area contributed by atoms with Gasteiger partial charge in [-0.2, -0.15) is 9.27 Å². The second-order valence-corrected chi connectivity index (χ2v) is 15.7. The van der Waals surface area contributed by atoms with E-state index in [0.717, 1.165) is 47.8 Å². The summed E-state index contributed by atoms with van der Waals surface area (Å²) in [6, 6.07) is 34.8. The summed E-state index contributed by atoms with van der Waals surface area (Å²) in [6.07, 6.45) is 1.71. The van der Waals surface area contributed by atoms with Crippen LogP contribution in [-0.4, -0.2) is 82.7 Å². The third-order valence-corrected chi connectivity index (χ3v) is 12.3. The lowest BCUT2D eigenvalue weighted by atomic mass is 9.80. The fourth-order valence-corrected chi connectivity index (χ4v) is 9.32. The van der Waals surface area contributed by atoms with Crippen molar-refractivity contribution in [2.75, 3.05) is 45.8 Å². The second kappa shape index (κ2) is 19.0. The zero-order valence-electron chi connectivity index (χ0n) is 33.8. The normalized spacial score (nSPS) is 17.5. The van der Waals surface area contributed by atoms with Crippen LogP contribution < -0.4 is 14.8 Å². The minimum Gasteiger partial charge on any atom is -0.694 e. The van der Waals surface area contributed by atoms with Crippen molar-refractivity contribution < 1.29 is 37.5 Å². The van der Waals surface area contributed by atoms with Crippen LogP contribution in [0.25, 0.3) is 11.2 Å². The Hall–Kier alpha value is -4.92. The summed E-state index contributed by atoms with van der Waals surface area (Å²) in [5.74, 6) is 1.42. The number of fused-ring (bicyclic) bond motifs is 1. The highest BCUT2D eigenvalue weighted by atomic mass is 32.7. The number of carbonyl (C=O) groups is 1. The molecule has 13 nitrogen and oxygen atoms in total. The van der Waals surface area contributed by atoms with Gasteiger partial charge in [-0.25, -0.2) is 15.0 Å². The highest BCUT2D eigenvalue weighted by Gasteiger charge is 2.44. The van der Waals surface area contributed by atoms with Crippen molar-refractivity contribution in [2.45, 2.75) is 51.2 Å². The van der Waals surface area contributed by atoms with Crippen LogP contribution >= 0.6 is 7.58 Å². The molecule has 1 unspecified atom stereocenters. The molecule has 1 saturated heterocycles. The number of methoxy groups -OCH3 is 2. The van der Waals surface area contributed by atoms with Crippen molar-refractivity contribution in [3.63, 3.8) is 0 Å². The summed E-state index contributed by atoms with van der Waals surface area (Å²) < 4.78 is 40.6. The summed E-state index contributed by atoms with van der Waals surface area (Å²) >= 11 is 5.93. The summed E-state index contributed by atoms with van der Waals surface area (Å²) in [6.45, 7) is 8.59. The SMILES string of the molecule is CC[N+](CC)(CC)OP([S-])O[C@H]1C[C@H](n2cnc3c(NC(=O)c4ccccc4)ncnc32)O[C@@H]1COC(c1ccccc1)(c1ccc(OC)cc1)c1ccc(OC)cc1. The number of aromatic nitrogens is 4. The largest absolute Gasteiger partial charge is 0.694 e. The number of hydroxylamine groups is 3. The summed E-state index contributed by atoms with van der Waals surface area (Å²) in [5.41, 5.74) is 2.98. The average molecular weight is 837 g/mol. The van der Waals surface area contributed by atoms with Crippen LogP contribution in [0.3, 0.4) is 0 Å². The first-order valence-electron chi connectivity index (χ1n) is 19.6. The van der Waals surface area contributed by atoms with Crippen molar-refractivity contribution in [2.24, 2.45) is 0 Å². The van der Waals surface area contributed by atoms with Crippen molar-refractivity contribution in [3.8, 4) is 11.5 Å². The van der Waals surface area contributed by atoms with Crippen molar-refractivity contribution >= 4 is 42.7 Å². The number of benzene rings is 4. The Morgan fingerprint density at radius 2 is 1.41 bits per heavy atom. The molecule has 3 heterocycles. The first-order valence-corrected chi connectivity index (χ1v) is 21.8. The third-order valence-electron chi connectivity index (χ3n) is 10.9. The minimum atomic E-state index is -1.76. The molecule has 0 aliphatic carbocycles. The predicted octanol–water partition coefficient (Wildman–Crippen LogP) is 8.36. The maximum atomic E-state index is 13.1. The number of nitrogens with one attached hydrogen (secondary N) is 1. The molecule has 2 aromatic heterocycles. The second-order valence-electron chi connectivity index (χ2n) is 14.0. The van der Waals surface area contributed by atoms with Gasteiger partial charge in [0.15, 0.2) is 17.0 Å². The molecule has 15 heteroatoms. The Balaban J connectivity index is 1.25. The van der Waals surface area contributed by atoms with Gasteiger partial charge in [0.05, 0.1) is 40.8 Å². The molecule has 308 valence electrons. The molecule has 0 saturated carbocycles. The van der Waals surface area contributed by atoms with Crippen molar-refractivity contribution in [1.82, 2.24) is 19.5 Å². The Bertz CT molecular complexity index is 2230. The van der Waals surface area contributed by atoms with Gasteiger partial charge < -0.3 is 41.0 Å². The van der Waals surface area contributed by atoms with Crippen LogP contribution in [0.15, 0.2) is 122 Å². The number of carbonyl (C=O) groups excluding carboxylic acids is 1. The van der Waals surface area contributed by atoms with Gasteiger partial charge in [-0.1, -0.05) is 72.8 Å². The van der Waals surface area contributed by atoms with Crippen molar-refractivity contribution in [1.29, 1.82) is 0 Å². The van der Waals surface area contributed by atoms with E-state index in [-0.39, 0.29) is 18.3 Å². The lowest BCUT2D eigenvalue weighted by molar-refractivity contribution is -1.08. The van der Waals surface area contributed by atoms with Crippen LogP contribution in [0.5, 0.6) is 11.5 Å². The number of hydrogen-bond donors (Lipinski definition) is 1. The van der Waals surface area contributed by atoms with Gasteiger partial charge in [-0.3, -0.25) is 9.36 Å². The van der Waals surface area contributed by atoms with Gasteiger partial charge in [-0.15, -0.1) is 0 Å². The zero-order chi connectivity index (χ0) is 41.4. The molecule has 1 amide bonds. The van der Waals surface area contributed by atoms with E-state index < -0.39 is 31.6 Å². The summed E-state index contributed by atoms with van der Waals surface area (Å²) in [5, 5.41) is 2.89. The van der Waals surface area contributed by atoms with Gasteiger partial charge in [0.25, 0.3) is 5.91 Å². The Labute approximate surface area is 351 Å². The highest BCUT2D eigenvalue weighted by Crippen LogP contribution is 2.47. The van der Waals surface area contributed by atoms with Crippen LogP contribution in [0.4, 0.5) is 5.82 Å². The van der Waals surface area contributed by atoms with E-state index in [4.69, 9.17) is 40.3 Å². The number of nitrogens with zero attached hydrogens (tertiary/aromatic N) is 5. The van der Waals surface area contributed by atoms with E-state index in [1.165, 1.54) is 6.33 Å². The van der Waals surface area contributed by atoms with Gasteiger partial charge in [0.1, 0.15) is 55.4 Å². The first kappa shape index (κ1) is 42.2. The average Bonchev–Trinajstić information content (AvgIpc) is 3.91. The molecule has 6 aromatic rings. The van der Waals surface area contributed by atoms with E-state index in [1.54, 1.807) is 44.8 Å². The third kappa shape index (κ3) is 9.00. The molecule has 1 fully saturated rings. The number of hydrogen-bond acceptors (Lipinski definition) is 11. The van der Waals surface area contributed by atoms with E-state index in [9.17, 15) is 4.79 Å². The predicted molar refractivity (Wildman–Crippen MR) is 229 cm³/mol. The van der Waals surface area contributed by atoms with Crippen LogP contribution in [0.1, 0.15) is 60.5 Å².